The van der Waals surface area contributed by atoms with Crippen LogP contribution in [0, 0.1) is 12.7 Å². The van der Waals surface area contributed by atoms with Crippen LogP contribution in [0.3, 0.4) is 0 Å². The van der Waals surface area contributed by atoms with E-state index in [0.29, 0.717) is 11.1 Å². The van der Waals surface area contributed by atoms with Crippen LogP contribution in [-0.2, 0) is 19.1 Å². The van der Waals surface area contributed by atoms with Gasteiger partial charge in [0.2, 0.25) is 0 Å². The maximum Gasteiger partial charge on any atom is 0.348 e. The predicted octanol–water partition coefficient (Wildman–Crippen LogP) is 2.35. The van der Waals surface area contributed by atoms with Crippen LogP contribution in [0.15, 0.2) is 23.8 Å². The van der Waals surface area contributed by atoms with E-state index in [1.54, 1.807) is 6.92 Å². The second-order valence-corrected chi connectivity index (χ2v) is 4.75. The molecule has 1 aromatic rings. The van der Waals surface area contributed by atoms with Crippen LogP contribution in [0.4, 0.5) is 4.39 Å². The van der Waals surface area contributed by atoms with E-state index in [2.05, 4.69) is 0 Å². The van der Waals surface area contributed by atoms with Gasteiger partial charge in [-0.25, -0.2) is 14.0 Å². The molecule has 1 aliphatic rings. The van der Waals surface area contributed by atoms with Crippen molar-refractivity contribution in [2.45, 2.75) is 26.6 Å². The van der Waals surface area contributed by atoms with Crippen LogP contribution >= 0.6 is 0 Å². The highest BCUT2D eigenvalue weighted by Crippen LogP contribution is 2.24. The summed E-state index contributed by atoms with van der Waals surface area (Å²) < 4.78 is 23.0. The largest absolute Gasteiger partial charge is 0.419 e. The van der Waals surface area contributed by atoms with Crippen molar-refractivity contribution >= 4 is 18.0 Å². The number of aryl methyl sites for hydroxylation is 1. The van der Waals surface area contributed by atoms with Crippen LogP contribution in [-0.4, -0.2) is 17.7 Å². The molecule has 0 radical (unpaired) electrons. The summed E-state index contributed by atoms with van der Waals surface area (Å²) in [7, 11) is 0. The van der Waals surface area contributed by atoms with E-state index >= 15 is 0 Å². The lowest BCUT2D eigenvalue weighted by molar-refractivity contribution is -0.222. The van der Waals surface area contributed by atoms with E-state index in [1.165, 1.54) is 38.1 Å². The number of benzene rings is 1. The summed E-state index contributed by atoms with van der Waals surface area (Å²) in [5.41, 5.74) is 0.750. The Hall–Kier alpha value is -2.17. The Morgan fingerprint density at radius 3 is 2.26 bits per heavy atom. The summed E-state index contributed by atoms with van der Waals surface area (Å²) in [5.74, 6) is -3.10. The van der Waals surface area contributed by atoms with Crippen molar-refractivity contribution in [2.75, 3.05) is 0 Å². The molecular formula is C14H13FO4. The molecule has 0 bridgehead atoms. The molecule has 1 aromatic carbocycles. The van der Waals surface area contributed by atoms with Crippen LogP contribution in [0.2, 0.25) is 0 Å². The summed E-state index contributed by atoms with van der Waals surface area (Å²) in [5, 5.41) is 0. The third-order valence-electron chi connectivity index (χ3n) is 2.61. The number of carbonyl (C=O) groups excluding carboxylic acids is 2. The molecule has 0 unspecified atom stereocenters. The molecule has 0 spiro atoms. The fraction of sp³-hybridized carbons (Fsp3) is 0.286. The lowest BCUT2D eigenvalue weighted by Gasteiger charge is -2.29. The number of hydrogen-bond donors (Lipinski definition) is 0. The van der Waals surface area contributed by atoms with Crippen molar-refractivity contribution in [1.82, 2.24) is 0 Å². The monoisotopic (exact) mass is 264 g/mol. The van der Waals surface area contributed by atoms with E-state index in [9.17, 15) is 14.0 Å². The Bertz CT molecular complexity index is 565. The zero-order valence-electron chi connectivity index (χ0n) is 10.8. The molecule has 0 aromatic heterocycles. The van der Waals surface area contributed by atoms with Gasteiger partial charge in [0.25, 0.3) is 5.79 Å². The van der Waals surface area contributed by atoms with Crippen LogP contribution in [0.1, 0.15) is 25.0 Å². The topological polar surface area (TPSA) is 52.6 Å². The smallest absolute Gasteiger partial charge is 0.348 e. The molecule has 2 rings (SSSR count). The van der Waals surface area contributed by atoms with Gasteiger partial charge in [-0.05, 0) is 36.3 Å². The molecule has 0 N–H and O–H groups in total. The molecule has 0 saturated carbocycles. The summed E-state index contributed by atoms with van der Waals surface area (Å²) in [4.78, 5) is 23.4. The predicted molar refractivity (Wildman–Crippen MR) is 65.4 cm³/mol. The molecule has 1 aliphatic heterocycles. The van der Waals surface area contributed by atoms with Crippen molar-refractivity contribution < 1.29 is 23.5 Å². The average molecular weight is 264 g/mol. The van der Waals surface area contributed by atoms with E-state index < -0.39 is 17.7 Å². The SMILES string of the molecule is Cc1cc(C=C2C(=O)OC(C)(C)OC2=O)ccc1F. The molecule has 1 heterocycles. The first kappa shape index (κ1) is 13.3. The van der Waals surface area contributed by atoms with Gasteiger partial charge >= 0.3 is 11.9 Å². The average Bonchev–Trinajstić information content (AvgIpc) is 2.27. The van der Waals surface area contributed by atoms with E-state index in [-0.39, 0.29) is 11.4 Å². The molecule has 1 fully saturated rings. The normalized spacial score (nSPS) is 17.8. The zero-order valence-corrected chi connectivity index (χ0v) is 10.8. The Kier molecular flexibility index (Phi) is 3.14. The zero-order chi connectivity index (χ0) is 14.2. The minimum atomic E-state index is -1.26. The first-order valence-electron chi connectivity index (χ1n) is 5.73. The number of cyclic esters (lactones) is 2. The highest BCUT2D eigenvalue weighted by Gasteiger charge is 2.38. The lowest BCUT2D eigenvalue weighted by Crippen LogP contribution is -2.41. The van der Waals surface area contributed by atoms with Gasteiger partial charge in [-0.1, -0.05) is 6.07 Å². The van der Waals surface area contributed by atoms with E-state index in [0.717, 1.165) is 0 Å². The molecule has 0 atom stereocenters. The van der Waals surface area contributed by atoms with Gasteiger partial charge in [0, 0.05) is 13.8 Å². The van der Waals surface area contributed by atoms with E-state index in [1.807, 2.05) is 0 Å². The van der Waals surface area contributed by atoms with Gasteiger partial charge < -0.3 is 9.47 Å². The maximum atomic E-state index is 13.1. The van der Waals surface area contributed by atoms with Crippen molar-refractivity contribution in [3.05, 3.63) is 40.7 Å². The Labute approximate surface area is 109 Å². The third kappa shape index (κ3) is 2.81. The van der Waals surface area contributed by atoms with Crippen molar-refractivity contribution in [1.29, 1.82) is 0 Å². The molecular weight excluding hydrogens is 251 g/mol. The van der Waals surface area contributed by atoms with Crippen molar-refractivity contribution in [2.24, 2.45) is 0 Å². The third-order valence-corrected chi connectivity index (χ3v) is 2.61. The minimum Gasteiger partial charge on any atom is -0.419 e. The van der Waals surface area contributed by atoms with Crippen LogP contribution < -0.4 is 0 Å². The van der Waals surface area contributed by atoms with Gasteiger partial charge in [-0.15, -0.1) is 0 Å². The Balaban J connectivity index is 2.35. The fourth-order valence-electron chi connectivity index (χ4n) is 1.70. The standard InChI is InChI=1S/C14H13FO4/c1-8-6-9(4-5-11(8)15)7-10-12(16)18-14(2,3)19-13(10)17/h4-7H,1-3H3. The first-order chi connectivity index (χ1) is 8.78. The minimum absolute atomic E-state index is 0.203. The molecule has 5 heteroatoms. The summed E-state index contributed by atoms with van der Waals surface area (Å²) in [6.45, 7) is 4.54. The molecule has 1 saturated heterocycles. The van der Waals surface area contributed by atoms with Gasteiger partial charge in [0.1, 0.15) is 11.4 Å². The summed E-state index contributed by atoms with van der Waals surface area (Å²) >= 11 is 0. The van der Waals surface area contributed by atoms with Crippen molar-refractivity contribution in [3.8, 4) is 0 Å². The summed E-state index contributed by atoms with van der Waals surface area (Å²) in [6, 6.07) is 4.27. The number of rotatable bonds is 1. The molecule has 4 nitrogen and oxygen atoms in total. The van der Waals surface area contributed by atoms with Crippen LogP contribution in [0.25, 0.3) is 6.08 Å². The second kappa shape index (κ2) is 4.50. The fourth-order valence-corrected chi connectivity index (χ4v) is 1.70. The number of ether oxygens (including phenoxy) is 2. The Morgan fingerprint density at radius 2 is 1.74 bits per heavy atom. The van der Waals surface area contributed by atoms with Gasteiger partial charge in [0.15, 0.2) is 0 Å². The lowest BCUT2D eigenvalue weighted by atomic mass is 10.1. The van der Waals surface area contributed by atoms with Crippen molar-refractivity contribution in [3.63, 3.8) is 0 Å². The second-order valence-electron chi connectivity index (χ2n) is 4.75. The van der Waals surface area contributed by atoms with Gasteiger partial charge in [0.05, 0.1) is 0 Å². The molecule has 19 heavy (non-hydrogen) atoms. The highest BCUT2D eigenvalue weighted by atomic mass is 19.1. The number of esters is 2. The molecule has 0 amide bonds. The van der Waals surface area contributed by atoms with Gasteiger partial charge in [-0.3, -0.25) is 0 Å². The Morgan fingerprint density at radius 1 is 1.16 bits per heavy atom. The molecule has 100 valence electrons. The summed E-state index contributed by atoms with van der Waals surface area (Å²) in [6.07, 6.45) is 1.33. The quantitative estimate of drug-likeness (QED) is 0.444. The molecule has 0 aliphatic carbocycles. The maximum absolute atomic E-state index is 13.1. The van der Waals surface area contributed by atoms with Crippen LogP contribution in [0.5, 0.6) is 0 Å². The highest BCUT2D eigenvalue weighted by molar-refractivity contribution is 6.18. The number of hydrogen-bond acceptors (Lipinski definition) is 4. The van der Waals surface area contributed by atoms with E-state index in [4.69, 9.17) is 9.47 Å². The number of halogens is 1. The first-order valence-corrected chi connectivity index (χ1v) is 5.73. The van der Waals surface area contributed by atoms with Gasteiger partial charge in [-0.2, -0.15) is 0 Å². The number of carbonyl (C=O) groups is 2.